The first-order valence-electron chi connectivity index (χ1n) is 24.2. The van der Waals surface area contributed by atoms with Gasteiger partial charge in [0, 0.05) is 49.4 Å². The van der Waals surface area contributed by atoms with Crippen molar-refractivity contribution in [3.8, 4) is 28.2 Å². The molecule has 0 saturated heterocycles. The van der Waals surface area contributed by atoms with E-state index in [1.165, 1.54) is 97.3 Å². The molecule has 3 nitrogen and oxygen atoms in total. The topological polar surface area (TPSA) is 14.8 Å². The van der Waals surface area contributed by atoms with Gasteiger partial charge in [0.1, 0.15) is 0 Å². The van der Waals surface area contributed by atoms with E-state index in [9.17, 15) is 0 Å². The van der Waals surface area contributed by atoms with Gasteiger partial charge in [0.25, 0.3) is 0 Å². The molecule has 0 bridgehead atoms. The lowest BCUT2D eigenvalue weighted by molar-refractivity contribution is 1.17. The average Bonchev–Trinajstić information content (AvgIpc) is 4.07. The molecule has 0 N–H and O–H groups in total. The third-order valence-electron chi connectivity index (χ3n) is 14.8. The highest BCUT2D eigenvalue weighted by atomic mass is 28.3. The van der Waals surface area contributed by atoms with Gasteiger partial charge in [-0.05, 0) is 105 Å². The van der Waals surface area contributed by atoms with Gasteiger partial charge < -0.3 is 13.7 Å². The Balaban J connectivity index is 0.953. The zero-order chi connectivity index (χ0) is 46.2. The maximum absolute atomic E-state index is 2.76. The van der Waals surface area contributed by atoms with Crippen LogP contribution in [0, 0.1) is 0 Å². The minimum absolute atomic E-state index is 1.14. The van der Waals surface area contributed by atoms with E-state index in [-0.39, 0.29) is 0 Å². The van der Waals surface area contributed by atoms with E-state index in [4.69, 9.17) is 0 Å². The molecule has 0 saturated carbocycles. The molecule has 4 heteroatoms. The molecule has 0 atom stereocenters. The van der Waals surface area contributed by atoms with E-state index in [1.54, 1.807) is 0 Å². The molecule has 0 spiro atoms. The highest BCUT2D eigenvalue weighted by molar-refractivity contribution is 7.19. The van der Waals surface area contributed by atoms with Crippen molar-refractivity contribution in [3.05, 3.63) is 273 Å². The normalized spacial score (nSPS) is 12.0. The van der Waals surface area contributed by atoms with Gasteiger partial charge in [-0.3, -0.25) is 0 Å². The van der Waals surface area contributed by atoms with Crippen LogP contribution in [0.3, 0.4) is 0 Å². The zero-order valence-corrected chi connectivity index (χ0v) is 39.3. The Kier molecular flexibility index (Phi) is 9.23. The minimum atomic E-state index is -2.76. The first-order chi connectivity index (χ1) is 34.7. The van der Waals surface area contributed by atoms with Crippen molar-refractivity contribution in [3.63, 3.8) is 0 Å². The predicted octanol–water partition coefficient (Wildman–Crippen LogP) is 14.0. The molecule has 0 radical (unpaired) electrons. The Morgan fingerprint density at radius 2 is 0.557 bits per heavy atom. The van der Waals surface area contributed by atoms with Crippen LogP contribution in [0.1, 0.15) is 0 Å². The van der Waals surface area contributed by atoms with E-state index in [2.05, 4.69) is 287 Å². The van der Waals surface area contributed by atoms with Gasteiger partial charge in [-0.1, -0.05) is 200 Å². The van der Waals surface area contributed by atoms with Crippen LogP contribution in [0.15, 0.2) is 273 Å². The summed E-state index contributed by atoms with van der Waals surface area (Å²) in [5.74, 6) is 0. The Morgan fingerprint density at radius 3 is 1.07 bits per heavy atom. The van der Waals surface area contributed by atoms with Crippen molar-refractivity contribution in [1.82, 2.24) is 13.7 Å². The van der Waals surface area contributed by atoms with Gasteiger partial charge in [-0.15, -0.1) is 0 Å². The van der Waals surface area contributed by atoms with Crippen LogP contribution in [0.25, 0.3) is 93.6 Å². The quantitative estimate of drug-likeness (QED) is 0.107. The Bertz CT molecular complexity index is 4180. The monoisotopic (exact) mass is 907 g/mol. The number of hydrogen-bond donors (Lipinski definition) is 0. The van der Waals surface area contributed by atoms with Crippen LogP contribution < -0.4 is 20.7 Å². The lowest BCUT2D eigenvalue weighted by Crippen LogP contribution is -2.74. The van der Waals surface area contributed by atoms with Crippen molar-refractivity contribution in [2.75, 3.05) is 0 Å². The number of hydrogen-bond acceptors (Lipinski definition) is 0. The van der Waals surface area contributed by atoms with Gasteiger partial charge in [0.15, 0.2) is 8.07 Å². The molecule has 0 unspecified atom stereocenters. The molecule has 0 amide bonds. The summed E-state index contributed by atoms with van der Waals surface area (Å²) in [5, 5.41) is 12.9. The smallest absolute Gasteiger partial charge is 0.179 e. The summed E-state index contributed by atoms with van der Waals surface area (Å²) in [6.07, 6.45) is 0. The average molecular weight is 908 g/mol. The molecule has 0 aliphatic heterocycles. The summed E-state index contributed by atoms with van der Waals surface area (Å²) in [6, 6.07) is 101. The molecule has 11 aromatic carbocycles. The van der Waals surface area contributed by atoms with Crippen molar-refractivity contribution in [2.24, 2.45) is 0 Å². The van der Waals surface area contributed by atoms with Gasteiger partial charge in [-0.2, -0.15) is 0 Å². The van der Waals surface area contributed by atoms with Crippen LogP contribution in [-0.2, 0) is 0 Å². The third kappa shape index (κ3) is 6.07. The lowest BCUT2D eigenvalue weighted by atomic mass is 10.0. The number of benzene rings is 11. The number of nitrogens with zero attached hydrogens (tertiary/aromatic N) is 3. The molecule has 0 aliphatic carbocycles. The predicted molar refractivity (Wildman–Crippen MR) is 299 cm³/mol. The number of aromatic nitrogens is 3. The van der Waals surface area contributed by atoms with E-state index in [0.29, 0.717) is 0 Å². The first kappa shape index (κ1) is 40.1. The Morgan fingerprint density at radius 1 is 0.200 bits per heavy atom. The van der Waals surface area contributed by atoms with E-state index >= 15 is 0 Å². The summed E-state index contributed by atoms with van der Waals surface area (Å²) in [5.41, 5.74) is 13.0. The SMILES string of the molecule is c1ccc(-n2c3ccccc3c3ccc(-c4ccc5c6ccccc6n(-c6ccc7c(c6)c6ccccc6n7-c6cccc([Si](c7ccccc7)(c7ccccc7)c7ccccc7)c6)c5c4)cc32)cc1. The Hall–Kier alpha value is -8.96. The molecule has 0 fully saturated rings. The van der Waals surface area contributed by atoms with Gasteiger partial charge >= 0.3 is 0 Å². The number of para-hydroxylation sites is 4. The molecular formula is C66H45N3Si. The minimum Gasteiger partial charge on any atom is -0.309 e. The van der Waals surface area contributed by atoms with E-state index < -0.39 is 8.07 Å². The largest absolute Gasteiger partial charge is 0.309 e. The van der Waals surface area contributed by atoms with Crippen molar-refractivity contribution >= 4 is 94.2 Å². The molecule has 0 aliphatic rings. The molecule has 3 aromatic heterocycles. The highest BCUT2D eigenvalue weighted by Gasteiger charge is 2.41. The zero-order valence-electron chi connectivity index (χ0n) is 38.3. The summed E-state index contributed by atoms with van der Waals surface area (Å²) < 4.78 is 7.35. The fourth-order valence-corrected chi connectivity index (χ4v) is 16.5. The summed E-state index contributed by atoms with van der Waals surface area (Å²) in [7, 11) is -2.76. The second-order valence-electron chi connectivity index (χ2n) is 18.5. The maximum Gasteiger partial charge on any atom is 0.179 e. The molecule has 70 heavy (non-hydrogen) atoms. The van der Waals surface area contributed by atoms with Crippen LogP contribution in [0.5, 0.6) is 0 Å². The highest BCUT2D eigenvalue weighted by Crippen LogP contribution is 2.40. The van der Waals surface area contributed by atoms with Gasteiger partial charge in [-0.25, -0.2) is 0 Å². The second kappa shape index (κ2) is 16.1. The van der Waals surface area contributed by atoms with Gasteiger partial charge in [0.2, 0.25) is 0 Å². The van der Waals surface area contributed by atoms with E-state index in [0.717, 1.165) is 17.1 Å². The molecular weight excluding hydrogens is 863 g/mol. The summed E-state index contributed by atoms with van der Waals surface area (Å²) in [4.78, 5) is 0. The lowest BCUT2D eigenvalue weighted by Gasteiger charge is -2.34. The second-order valence-corrected chi connectivity index (χ2v) is 22.3. The Labute approximate surface area is 407 Å². The maximum atomic E-state index is 2.48. The standard InChI is InChI=1S/C66H45N3Si/c1-5-20-48(21-6-1)67-61-33-16-13-30-55(61)58-39-36-46(42-65(58)67)47-37-40-59-56-31-14-17-34-62(56)69(66(59)43-47)50-38-41-64-60(45-50)57-32-15-18-35-63(57)68(64)49-22-19-29-54(44-49)70(51-23-7-2-8-24-51,52-25-9-3-10-26-52)53-27-11-4-12-28-53/h1-45H. The fourth-order valence-electron chi connectivity index (χ4n) is 11.8. The van der Waals surface area contributed by atoms with Crippen LogP contribution in [0.4, 0.5) is 0 Å². The van der Waals surface area contributed by atoms with Crippen molar-refractivity contribution in [2.45, 2.75) is 0 Å². The third-order valence-corrected chi connectivity index (χ3v) is 19.5. The molecule has 14 rings (SSSR count). The van der Waals surface area contributed by atoms with Crippen molar-refractivity contribution in [1.29, 1.82) is 0 Å². The molecule has 14 aromatic rings. The van der Waals surface area contributed by atoms with Crippen LogP contribution >= 0.6 is 0 Å². The molecule has 328 valence electrons. The number of rotatable bonds is 8. The van der Waals surface area contributed by atoms with Crippen molar-refractivity contribution < 1.29 is 0 Å². The summed E-state index contributed by atoms with van der Waals surface area (Å²) >= 11 is 0. The summed E-state index contributed by atoms with van der Waals surface area (Å²) in [6.45, 7) is 0. The van der Waals surface area contributed by atoms with Crippen LogP contribution in [0.2, 0.25) is 0 Å². The molecule has 3 heterocycles. The van der Waals surface area contributed by atoms with Gasteiger partial charge in [0.05, 0.1) is 33.1 Å². The number of fused-ring (bicyclic) bond motifs is 9. The fraction of sp³-hybridized carbons (Fsp3) is 0. The first-order valence-corrected chi connectivity index (χ1v) is 26.2. The van der Waals surface area contributed by atoms with E-state index in [1.807, 2.05) is 0 Å². The van der Waals surface area contributed by atoms with Crippen LogP contribution in [-0.4, -0.2) is 21.8 Å².